The Bertz CT molecular complexity index is 386. The summed E-state index contributed by atoms with van der Waals surface area (Å²) in [4.78, 5) is 27.2. The SMILES string of the molecule is CC(C)CC1NC(=O)C(C(C)C)N(CC2CCCC2)C1=O. The first kappa shape index (κ1) is 16.3. The van der Waals surface area contributed by atoms with E-state index in [1.54, 1.807) is 0 Å². The molecule has 120 valence electrons. The minimum Gasteiger partial charge on any atom is -0.342 e. The van der Waals surface area contributed by atoms with E-state index in [-0.39, 0.29) is 29.8 Å². The van der Waals surface area contributed by atoms with Gasteiger partial charge in [-0.2, -0.15) is 0 Å². The Morgan fingerprint density at radius 1 is 1.14 bits per heavy atom. The van der Waals surface area contributed by atoms with Crippen molar-refractivity contribution in [1.82, 2.24) is 10.2 Å². The fourth-order valence-corrected chi connectivity index (χ4v) is 3.77. The number of amides is 2. The second-order valence-electron chi connectivity index (χ2n) is 7.52. The van der Waals surface area contributed by atoms with Crippen LogP contribution in [0, 0.1) is 17.8 Å². The molecular formula is C17H30N2O2. The number of carbonyl (C=O) groups is 2. The van der Waals surface area contributed by atoms with Crippen molar-refractivity contribution in [3.63, 3.8) is 0 Å². The van der Waals surface area contributed by atoms with E-state index in [0.717, 1.165) is 13.0 Å². The molecule has 2 rings (SSSR count). The molecule has 1 aliphatic carbocycles. The predicted octanol–water partition coefficient (Wildman–Crippen LogP) is 2.57. The topological polar surface area (TPSA) is 49.4 Å². The summed E-state index contributed by atoms with van der Waals surface area (Å²) < 4.78 is 0. The number of rotatable bonds is 5. The summed E-state index contributed by atoms with van der Waals surface area (Å²) in [6, 6.07) is -0.615. The Balaban J connectivity index is 2.15. The molecule has 1 heterocycles. The molecule has 2 fully saturated rings. The molecule has 0 aromatic rings. The fourth-order valence-electron chi connectivity index (χ4n) is 3.77. The Morgan fingerprint density at radius 3 is 2.29 bits per heavy atom. The first-order valence-corrected chi connectivity index (χ1v) is 8.51. The number of nitrogens with one attached hydrogen (secondary N) is 1. The quantitative estimate of drug-likeness (QED) is 0.847. The van der Waals surface area contributed by atoms with E-state index < -0.39 is 0 Å². The summed E-state index contributed by atoms with van der Waals surface area (Å²) in [5, 5.41) is 2.95. The summed E-state index contributed by atoms with van der Waals surface area (Å²) in [5.74, 6) is 1.32. The minimum absolute atomic E-state index is 0.0354. The van der Waals surface area contributed by atoms with Gasteiger partial charge < -0.3 is 10.2 Å². The van der Waals surface area contributed by atoms with E-state index in [1.165, 1.54) is 25.7 Å². The molecule has 0 aromatic heterocycles. The second-order valence-corrected chi connectivity index (χ2v) is 7.52. The lowest BCUT2D eigenvalue weighted by molar-refractivity contribution is -0.152. The third kappa shape index (κ3) is 3.78. The number of piperazine rings is 1. The summed E-state index contributed by atoms with van der Waals surface area (Å²) >= 11 is 0. The van der Waals surface area contributed by atoms with Crippen LogP contribution in [-0.2, 0) is 9.59 Å². The average Bonchev–Trinajstić information content (AvgIpc) is 2.87. The highest BCUT2D eigenvalue weighted by Crippen LogP contribution is 2.29. The summed E-state index contributed by atoms with van der Waals surface area (Å²) in [6.45, 7) is 9.01. The molecule has 4 heteroatoms. The van der Waals surface area contributed by atoms with Gasteiger partial charge in [-0.3, -0.25) is 9.59 Å². The maximum absolute atomic E-state index is 12.8. The molecule has 2 aliphatic rings. The monoisotopic (exact) mass is 294 g/mol. The van der Waals surface area contributed by atoms with E-state index >= 15 is 0 Å². The summed E-state index contributed by atoms with van der Waals surface area (Å²) in [6.07, 6.45) is 5.66. The predicted molar refractivity (Wildman–Crippen MR) is 83.7 cm³/mol. The molecule has 0 bridgehead atoms. The van der Waals surface area contributed by atoms with Gasteiger partial charge in [0.1, 0.15) is 12.1 Å². The maximum Gasteiger partial charge on any atom is 0.245 e. The lowest BCUT2D eigenvalue weighted by Gasteiger charge is -2.42. The molecule has 1 saturated heterocycles. The van der Waals surface area contributed by atoms with Gasteiger partial charge in [0.05, 0.1) is 0 Å². The Labute approximate surface area is 128 Å². The van der Waals surface area contributed by atoms with Crippen LogP contribution in [0.5, 0.6) is 0 Å². The smallest absolute Gasteiger partial charge is 0.245 e. The van der Waals surface area contributed by atoms with Crippen molar-refractivity contribution in [2.24, 2.45) is 17.8 Å². The van der Waals surface area contributed by atoms with Crippen LogP contribution in [0.15, 0.2) is 0 Å². The molecule has 1 N–H and O–H groups in total. The molecule has 0 spiro atoms. The molecule has 0 radical (unpaired) electrons. The average molecular weight is 294 g/mol. The van der Waals surface area contributed by atoms with Crippen molar-refractivity contribution in [1.29, 1.82) is 0 Å². The number of carbonyl (C=O) groups excluding carboxylic acids is 2. The lowest BCUT2D eigenvalue weighted by atomic mass is 9.92. The van der Waals surface area contributed by atoms with Gasteiger partial charge in [0.25, 0.3) is 0 Å². The molecule has 2 atom stereocenters. The van der Waals surface area contributed by atoms with E-state index in [1.807, 2.05) is 18.7 Å². The number of hydrogen-bond donors (Lipinski definition) is 1. The number of hydrogen-bond acceptors (Lipinski definition) is 2. The minimum atomic E-state index is -0.325. The first-order chi connectivity index (χ1) is 9.90. The van der Waals surface area contributed by atoms with E-state index in [2.05, 4.69) is 19.2 Å². The molecule has 2 unspecified atom stereocenters. The molecule has 21 heavy (non-hydrogen) atoms. The molecular weight excluding hydrogens is 264 g/mol. The van der Waals surface area contributed by atoms with Crippen molar-refractivity contribution in [3.05, 3.63) is 0 Å². The molecule has 1 aliphatic heterocycles. The molecule has 1 saturated carbocycles. The third-order valence-electron chi connectivity index (χ3n) is 4.77. The van der Waals surface area contributed by atoms with Crippen LogP contribution < -0.4 is 5.32 Å². The van der Waals surface area contributed by atoms with Gasteiger partial charge in [-0.05, 0) is 37.0 Å². The van der Waals surface area contributed by atoms with Crippen molar-refractivity contribution < 1.29 is 9.59 Å². The third-order valence-corrected chi connectivity index (χ3v) is 4.77. The first-order valence-electron chi connectivity index (χ1n) is 8.51. The van der Waals surface area contributed by atoms with Gasteiger partial charge in [-0.15, -0.1) is 0 Å². The van der Waals surface area contributed by atoms with Crippen LogP contribution in [0.25, 0.3) is 0 Å². The molecule has 0 aromatic carbocycles. The van der Waals surface area contributed by atoms with Gasteiger partial charge in [0, 0.05) is 6.54 Å². The highest BCUT2D eigenvalue weighted by atomic mass is 16.2. The molecule has 2 amide bonds. The Kier molecular flexibility index (Phi) is 5.28. The number of nitrogens with zero attached hydrogens (tertiary/aromatic N) is 1. The summed E-state index contributed by atoms with van der Waals surface area (Å²) in [7, 11) is 0. The highest BCUT2D eigenvalue weighted by Gasteiger charge is 2.42. The second kappa shape index (κ2) is 6.80. The van der Waals surface area contributed by atoms with Gasteiger partial charge in [0.15, 0.2) is 0 Å². The summed E-state index contributed by atoms with van der Waals surface area (Å²) in [5.41, 5.74) is 0. The van der Waals surface area contributed by atoms with Gasteiger partial charge in [0.2, 0.25) is 11.8 Å². The largest absolute Gasteiger partial charge is 0.342 e. The van der Waals surface area contributed by atoms with E-state index in [4.69, 9.17) is 0 Å². The van der Waals surface area contributed by atoms with Crippen LogP contribution in [0.3, 0.4) is 0 Å². The van der Waals surface area contributed by atoms with Gasteiger partial charge >= 0.3 is 0 Å². The zero-order valence-corrected chi connectivity index (χ0v) is 13.9. The van der Waals surface area contributed by atoms with E-state index in [9.17, 15) is 9.59 Å². The van der Waals surface area contributed by atoms with Crippen molar-refractivity contribution in [3.8, 4) is 0 Å². The van der Waals surface area contributed by atoms with Crippen molar-refractivity contribution in [2.75, 3.05) is 6.54 Å². The fraction of sp³-hybridized carbons (Fsp3) is 0.882. The highest BCUT2D eigenvalue weighted by molar-refractivity contribution is 5.97. The van der Waals surface area contributed by atoms with Crippen LogP contribution in [0.1, 0.15) is 59.8 Å². The van der Waals surface area contributed by atoms with Crippen molar-refractivity contribution >= 4 is 11.8 Å². The maximum atomic E-state index is 12.8. The molecule has 4 nitrogen and oxygen atoms in total. The van der Waals surface area contributed by atoms with Crippen LogP contribution in [0.2, 0.25) is 0 Å². The van der Waals surface area contributed by atoms with E-state index in [0.29, 0.717) is 11.8 Å². The van der Waals surface area contributed by atoms with Gasteiger partial charge in [-0.25, -0.2) is 0 Å². The van der Waals surface area contributed by atoms with Gasteiger partial charge in [-0.1, -0.05) is 40.5 Å². The Hall–Kier alpha value is -1.06. The Morgan fingerprint density at radius 2 is 1.76 bits per heavy atom. The standard InChI is InChI=1S/C17H30N2O2/c1-11(2)9-14-17(21)19(10-13-7-5-6-8-13)15(12(3)4)16(20)18-14/h11-15H,5-10H2,1-4H3,(H,18,20). The normalized spacial score (nSPS) is 27.8. The zero-order valence-electron chi connectivity index (χ0n) is 13.9. The van der Waals surface area contributed by atoms with Crippen molar-refractivity contribution in [2.45, 2.75) is 71.9 Å². The van der Waals surface area contributed by atoms with Crippen LogP contribution in [0.4, 0.5) is 0 Å². The van der Waals surface area contributed by atoms with Crippen LogP contribution in [-0.4, -0.2) is 35.3 Å². The lowest BCUT2D eigenvalue weighted by Crippen LogP contribution is -2.65. The van der Waals surface area contributed by atoms with Crippen LogP contribution >= 0.6 is 0 Å². The zero-order chi connectivity index (χ0) is 15.6.